The molecule has 0 N–H and O–H groups in total. The van der Waals surface area contributed by atoms with Crippen molar-refractivity contribution in [2.24, 2.45) is 0 Å². The maximum Gasteiger partial charge on any atom is 0.410 e. The third-order valence-electron chi connectivity index (χ3n) is 7.45. The first-order chi connectivity index (χ1) is 17.7. The lowest BCUT2D eigenvalue weighted by Gasteiger charge is -2.61. The van der Waals surface area contributed by atoms with Gasteiger partial charge in [0.25, 0.3) is 0 Å². The smallest absolute Gasteiger partial charge is 0.410 e. The van der Waals surface area contributed by atoms with Crippen molar-refractivity contribution in [1.29, 1.82) is 0 Å². The zero-order valence-corrected chi connectivity index (χ0v) is 21.3. The standard InChI is InChI=1S/C26H30FN7O3/c1-15-23(28-12-29-24(15)36-22-6-5-16(11-21(22)27)32-13-30-31-14-32)33-17-7-19-9-18(33)10-20(8-17)34(19)25(35)37-26(2,3)4/h5-6,11-14,17-20H,7-10H2,1-4H3. The number of hydrogen-bond donors (Lipinski definition) is 0. The molecule has 0 spiro atoms. The lowest BCUT2D eigenvalue weighted by Crippen LogP contribution is -2.70. The van der Waals surface area contributed by atoms with E-state index in [1.165, 1.54) is 25.0 Å². The minimum Gasteiger partial charge on any atom is -0.444 e. The largest absolute Gasteiger partial charge is 0.444 e. The van der Waals surface area contributed by atoms with Crippen LogP contribution in [0.2, 0.25) is 0 Å². The third kappa shape index (κ3) is 4.25. The fraction of sp³-hybridized carbons (Fsp3) is 0.500. The minimum absolute atomic E-state index is 0.0812. The molecule has 0 unspecified atom stereocenters. The lowest BCUT2D eigenvalue weighted by atomic mass is 9.73. The molecule has 0 saturated carbocycles. The van der Waals surface area contributed by atoms with Crippen molar-refractivity contribution in [3.63, 3.8) is 0 Å². The van der Waals surface area contributed by atoms with E-state index in [0.717, 1.165) is 37.1 Å². The molecule has 10 nitrogen and oxygen atoms in total. The zero-order chi connectivity index (χ0) is 25.9. The van der Waals surface area contributed by atoms with Gasteiger partial charge in [-0.2, -0.15) is 0 Å². The molecule has 11 heteroatoms. The van der Waals surface area contributed by atoms with Gasteiger partial charge in [-0.3, -0.25) is 4.57 Å². The van der Waals surface area contributed by atoms with E-state index >= 15 is 0 Å². The molecule has 7 rings (SSSR count). The Kier molecular flexibility index (Phi) is 5.54. The normalized spacial score (nSPS) is 24.5. The highest BCUT2D eigenvalue weighted by Gasteiger charge is 2.53. The van der Waals surface area contributed by atoms with Crippen molar-refractivity contribution in [2.75, 3.05) is 4.90 Å². The highest BCUT2D eigenvalue weighted by Crippen LogP contribution is 2.47. The Bertz CT molecular complexity index is 1290. The number of halogens is 1. The predicted octanol–water partition coefficient (Wildman–Crippen LogP) is 4.42. The second-order valence-electron chi connectivity index (χ2n) is 11.1. The number of nitrogens with zero attached hydrogens (tertiary/aromatic N) is 7. The topological polar surface area (TPSA) is 98.5 Å². The van der Waals surface area contributed by atoms with Crippen LogP contribution in [0.15, 0.2) is 37.2 Å². The number of hydrogen-bond acceptors (Lipinski definition) is 8. The molecule has 37 heavy (non-hydrogen) atoms. The molecule has 6 heterocycles. The van der Waals surface area contributed by atoms with E-state index in [2.05, 4.69) is 25.1 Å². The maximum atomic E-state index is 14.9. The van der Waals surface area contributed by atoms with Crippen LogP contribution in [-0.4, -0.2) is 65.5 Å². The number of amides is 1. The van der Waals surface area contributed by atoms with Gasteiger partial charge in [0.15, 0.2) is 11.6 Å². The summed E-state index contributed by atoms with van der Waals surface area (Å²) in [5.41, 5.74) is 0.847. The number of anilines is 1. The Balaban J connectivity index is 1.21. The Morgan fingerprint density at radius 2 is 1.65 bits per heavy atom. The number of carbonyl (C=O) groups excluding carboxylic acids is 1. The van der Waals surface area contributed by atoms with E-state index < -0.39 is 11.4 Å². The SMILES string of the molecule is Cc1c(Oc2ccc(-n3cnnc3)cc2F)ncnc1N1C2CC3CC1CC(C2)N3C(=O)OC(C)(C)C. The molecule has 4 aliphatic rings. The summed E-state index contributed by atoms with van der Waals surface area (Å²) >= 11 is 0. The molecule has 1 amide bonds. The zero-order valence-electron chi connectivity index (χ0n) is 21.3. The van der Waals surface area contributed by atoms with Gasteiger partial charge in [0.2, 0.25) is 5.88 Å². The summed E-state index contributed by atoms with van der Waals surface area (Å²) in [6, 6.07) is 5.55. The molecular formula is C26H30FN7O3. The summed E-state index contributed by atoms with van der Waals surface area (Å²) < 4.78 is 28.1. The first-order valence-electron chi connectivity index (χ1n) is 12.6. The van der Waals surface area contributed by atoms with Crippen molar-refractivity contribution >= 4 is 11.9 Å². The van der Waals surface area contributed by atoms with E-state index in [9.17, 15) is 9.18 Å². The van der Waals surface area contributed by atoms with E-state index in [1.54, 1.807) is 16.7 Å². The number of carbonyl (C=O) groups is 1. The van der Waals surface area contributed by atoms with Gasteiger partial charge < -0.3 is 19.3 Å². The van der Waals surface area contributed by atoms with Crippen molar-refractivity contribution in [3.05, 3.63) is 48.6 Å². The maximum absolute atomic E-state index is 14.9. The summed E-state index contributed by atoms with van der Waals surface area (Å²) in [7, 11) is 0. The fourth-order valence-corrected chi connectivity index (χ4v) is 6.06. The molecule has 0 radical (unpaired) electrons. The molecule has 1 aromatic carbocycles. The van der Waals surface area contributed by atoms with E-state index in [0.29, 0.717) is 11.6 Å². The summed E-state index contributed by atoms with van der Waals surface area (Å²) in [4.78, 5) is 26.2. The van der Waals surface area contributed by atoms with Crippen LogP contribution in [0.3, 0.4) is 0 Å². The predicted molar refractivity (Wildman–Crippen MR) is 132 cm³/mol. The Labute approximate surface area is 214 Å². The number of ether oxygens (including phenoxy) is 2. The van der Waals surface area contributed by atoms with Crippen LogP contribution in [0.4, 0.5) is 15.0 Å². The van der Waals surface area contributed by atoms with E-state index in [1.807, 2.05) is 32.6 Å². The summed E-state index contributed by atoms with van der Waals surface area (Å²) in [5, 5.41) is 7.51. The van der Waals surface area contributed by atoms with Gasteiger partial charge in [-0.25, -0.2) is 19.2 Å². The Hall–Kier alpha value is -3.76. The molecular weight excluding hydrogens is 477 g/mol. The van der Waals surface area contributed by atoms with Crippen LogP contribution in [0.5, 0.6) is 11.6 Å². The van der Waals surface area contributed by atoms with Crippen LogP contribution < -0.4 is 9.64 Å². The van der Waals surface area contributed by atoms with Crippen LogP contribution >= 0.6 is 0 Å². The van der Waals surface area contributed by atoms with Crippen LogP contribution in [-0.2, 0) is 4.74 Å². The fourth-order valence-electron chi connectivity index (χ4n) is 6.06. The van der Waals surface area contributed by atoms with Gasteiger partial charge in [-0.1, -0.05) is 0 Å². The molecule has 0 aliphatic carbocycles. The van der Waals surface area contributed by atoms with Gasteiger partial charge in [-0.15, -0.1) is 10.2 Å². The summed E-state index contributed by atoms with van der Waals surface area (Å²) in [6.45, 7) is 7.61. The average Bonchev–Trinajstić information content (AvgIpc) is 3.35. The molecule has 194 valence electrons. The first kappa shape index (κ1) is 23.6. The highest BCUT2D eigenvalue weighted by molar-refractivity contribution is 5.70. The number of piperidine rings is 4. The molecule has 4 saturated heterocycles. The quantitative estimate of drug-likeness (QED) is 0.512. The van der Waals surface area contributed by atoms with Crippen LogP contribution in [0, 0.1) is 12.7 Å². The average molecular weight is 508 g/mol. The molecule has 4 fully saturated rings. The van der Waals surface area contributed by atoms with Gasteiger partial charge in [0, 0.05) is 30.2 Å². The van der Waals surface area contributed by atoms with Gasteiger partial charge in [0.05, 0.1) is 11.3 Å². The van der Waals surface area contributed by atoms with Crippen LogP contribution in [0.25, 0.3) is 5.69 Å². The summed E-state index contributed by atoms with van der Waals surface area (Å²) in [6.07, 6.45) is 7.73. The van der Waals surface area contributed by atoms with Crippen molar-refractivity contribution in [3.8, 4) is 17.3 Å². The molecule has 4 bridgehead atoms. The molecule has 4 aliphatic heterocycles. The third-order valence-corrected chi connectivity index (χ3v) is 7.45. The Morgan fingerprint density at radius 1 is 1.00 bits per heavy atom. The van der Waals surface area contributed by atoms with Crippen LogP contribution in [0.1, 0.15) is 52.0 Å². The van der Waals surface area contributed by atoms with Crippen molar-refractivity contribution < 1.29 is 18.7 Å². The van der Waals surface area contributed by atoms with Gasteiger partial charge >= 0.3 is 6.09 Å². The van der Waals surface area contributed by atoms with Gasteiger partial charge in [-0.05, 0) is 65.5 Å². The number of aromatic nitrogens is 5. The van der Waals surface area contributed by atoms with E-state index in [-0.39, 0.29) is 36.0 Å². The monoisotopic (exact) mass is 507 g/mol. The van der Waals surface area contributed by atoms with Crippen molar-refractivity contribution in [2.45, 2.75) is 83.1 Å². The lowest BCUT2D eigenvalue weighted by molar-refractivity contribution is -0.0404. The molecule has 2 aromatic heterocycles. The molecule has 0 atom stereocenters. The van der Waals surface area contributed by atoms with Crippen molar-refractivity contribution in [1.82, 2.24) is 29.6 Å². The minimum atomic E-state index is -0.511. The van der Waals surface area contributed by atoms with Gasteiger partial charge in [0.1, 0.15) is 30.4 Å². The second kappa shape index (κ2) is 8.67. The molecule has 3 aromatic rings. The number of benzene rings is 1. The highest BCUT2D eigenvalue weighted by atomic mass is 19.1. The number of rotatable bonds is 4. The first-order valence-corrected chi connectivity index (χ1v) is 12.6. The summed E-state index contributed by atoms with van der Waals surface area (Å²) in [5.74, 6) is 0.704. The second-order valence-corrected chi connectivity index (χ2v) is 11.1. The Morgan fingerprint density at radius 3 is 2.24 bits per heavy atom. The van der Waals surface area contributed by atoms with E-state index in [4.69, 9.17) is 9.47 Å².